The summed E-state index contributed by atoms with van der Waals surface area (Å²) < 4.78 is 5.48. The summed E-state index contributed by atoms with van der Waals surface area (Å²) in [4.78, 5) is 35.9. The van der Waals surface area contributed by atoms with Crippen molar-refractivity contribution < 1.29 is 29.3 Å². The van der Waals surface area contributed by atoms with Gasteiger partial charge < -0.3 is 25.6 Å². The standard InChI is InChI=1S/C24H28N2O6/c1-13(22(28)26-21(15(3)27)23(29)30)14(2)25-24(31)32-12-20-18-10-6-4-8-16(18)17-9-5-7-11-19(17)20/h4-11,13-15,20-21,27H,12H2,1-3H3,(H,25,31)(H,26,28)(H,29,30)/t13?,14?,15-,21+/m1/s1. The SMILES string of the molecule is CC(NC(=O)OCC1c2ccccc2-c2ccccc21)C(C)C(=O)N[C@H](C(=O)O)[C@@H](C)O. The topological polar surface area (TPSA) is 125 Å². The van der Waals surface area contributed by atoms with Crippen LogP contribution in [0.4, 0.5) is 4.79 Å². The van der Waals surface area contributed by atoms with Crippen LogP contribution in [0.1, 0.15) is 37.8 Å². The highest BCUT2D eigenvalue weighted by atomic mass is 16.5. The Hall–Kier alpha value is -3.39. The normalized spacial score (nSPS) is 16.1. The number of alkyl carbamates (subject to hydrolysis) is 1. The molecule has 8 heteroatoms. The second-order valence-corrected chi connectivity index (χ2v) is 8.11. The number of carboxylic acids is 1. The van der Waals surface area contributed by atoms with Gasteiger partial charge in [0.15, 0.2) is 6.04 Å². The van der Waals surface area contributed by atoms with E-state index in [9.17, 15) is 19.5 Å². The highest BCUT2D eigenvalue weighted by Crippen LogP contribution is 2.44. The summed E-state index contributed by atoms with van der Waals surface area (Å²) in [6.45, 7) is 4.62. The molecule has 1 aliphatic carbocycles. The molecular formula is C24H28N2O6. The minimum atomic E-state index is -1.42. The van der Waals surface area contributed by atoms with Gasteiger partial charge in [-0.25, -0.2) is 9.59 Å². The molecule has 0 spiro atoms. The van der Waals surface area contributed by atoms with Crippen LogP contribution in [-0.2, 0) is 14.3 Å². The molecule has 2 amide bonds. The Morgan fingerprint density at radius 3 is 1.97 bits per heavy atom. The van der Waals surface area contributed by atoms with Crippen LogP contribution in [0, 0.1) is 5.92 Å². The Balaban J connectivity index is 1.58. The lowest BCUT2D eigenvalue weighted by Gasteiger charge is -2.24. The summed E-state index contributed by atoms with van der Waals surface area (Å²) >= 11 is 0. The van der Waals surface area contributed by atoms with Crippen LogP contribution in [-0.4, -0.2) is 53.0 Å². The largest absolute Gasteiger partial charge is 0.480 e. The number of aliphatic hydroxyl groups is 1. The summed E-state index contributed by atoms with van der Waals surface area (Å²) in [7, 11) is 0. The van der Waals surface area contributed by atoms with Gasteiger partial charge in [0.05, 0.1) is 12.0 Å². The first kappa shape index (κ1) is 23.3. The Bertz CT molecular complexity index is 960. The second-order valence-electron chi connectivity index (χ2n) is 8.11. The van der Waals surface area contributed by atoms with Gasteiger partial charge in [-0.3, -0.25) is 4.79 Å². The van der Waals surface area contributed by atoms with E-state index >= 15 is 0 Å². The Morgan fingerprint density at radius 2 is 1.47 bits per heavy atom. The third-order valence-corrected chi connectivity index (χ3v) is 5.90. The van der Waals surface area contributed by atoms with Gasteiger partial charge in [-0.2, -0.15) is 0 Å². The molecule has 2 aromatic rings. The van der Waals surface area contributed by atoms with Crippen LogP contribution in [0.2, 0.25) is 0 Å². The van der Waals surface area contributed by atoms with Gasteiger partial charge in [0.25, 0.3) is 0 Å². The summed E-state index contributed by atoms with van der Waals surface area (Å²) in [6, 6.07) is 14.0. The third kappa shape index (κ3) is 4.91. The van der Waals surface area contributed by atoms with E-state index in [4.69, 9.17) is 9.84 Å². The molecule has 0 radical (unpaired) electrons. The van der Waals surface area contributed by atoms with Gasteiger partial charge in [0, 0.05) is 12.0 Å². The predicted octanol–water partition coefficient (Wildman–Crippen LogP) is 2.50. The van der Waals surface area contributed by atoms with Crippen LogP contribution in [0.15, 0.2) is 48.5 Å². The monoisotopic (exact) mass is 440 g/mol. The summed E-state index contributed by atoms with van der Waals surface area (Å²) in [5.74, 6) is -2.75. The molecule has 0 saturated heterocycles. The van der Waals surface area contributed by atoms with Gasteiger partial charge >= 0.3 is 12.1 Å². The van der Waals surface area contributed by atoms with Crippen LogP contribution in [0.5, 0.6) is 0 Å². The van der Waals surface area contributed by atoms with Crippen molar-refractivity contribution in [3.63, 3.8) is 0 Å². The minimum absolute atomic E-state index is 0.0773. The molecule has 0 saturated carbocycles. The average Bonchev–Trinajstić information content (AvgIpc) is 3.08. The number of aliphatic hydroxyl groups excluding tert-OH is 1. The Kier molecular flexibility index (Phi) is 7.15. The first-order valence-electron chi connectivity index (χ1n) is 10.5. The van der Waals surface area contributed by atoms with Gasteiger partial charge in [-0.15, -0.1) is 0 Å². The molecule has 170 valence electrons. The van der Waals surface area contributed by atoms with E-state index in [1.807, 2.05) is 48.5 Å². The third-order valence-electron chi connectivity index (χ3n) is 5.90. The number of carbonyl (C=O) groups excluding carboxylic acids is 2. The van der Waals surface area contributed by atoms with Crippen LogP contribution < -0.4 is 10.6 Å². The summed E-state index contributed by atoms with van der Waals surface area (Å²) in [6.07, 6.45) is -1.92. The lowest BCUT2D eigenvalue weighted by molar-refractivity contribution is -0.145. The zero-order chi connectivity index (χ0) is 23.4. The number of hydrogen-bond acceptors (Lipinski definition) is 5. The number of rotatable bonds is 8. The zero-order valence-corrected chi connectivity index (χ0v) is 18.2. The lowest BCUT2D eigenvalue weighted by Crippen LogP contribution is -2.52. The lowest BCUT2D eigenvalue weighted by atomic mass is 9.98. The van der Waals surface area contributed by atoms with Crippen LogP contribution >= 0.6 is 0 Å². The summed E-state index contributed by atoms with van der Waals surface area (Å²) in [5.41, 5.74) is 4.45. The maximum Gasteiger partial charge on any atom is 0.407 e. The smallest absolute Gasteiger partial charge is 0.407 e. The molecule has 3 rings (SSSR count). The van der Waals surface area contributed by atoms with Crippen LogP contribution in [0.3, 0.4) is 0 Å². The molecule has 0 bridgehead atoms. The summed E-state index contributed by atoms with van der Waals surface area (Å²) in [5, 5.41) is 23.6. The predicted molar refractivity (Wildman–Crippen MR) is 118 cm³/mol. The molecule has 2 unspecified atom stereocenters. The number of ether oxygens (including phenoxy) is 1. The number of aliphatic carboxylic acids is 1. The molecule has 32 heavy (non-hydrogen) atoms. The highest BCUT2D eigenvalue weighted by molar-refractivity contribution is 5.86. The molecule has 0 aliphatic heterocycles. The van der Waals surface area contributed by atoms with Crippen LogP contribution in [0.25, 0.3) is 11.1 Å². The molecule has 0 fully saturated rings. The zero-order valence-electron chi connectivity index (χ0n) is 18.2. The molecular weight excluding hydrogens is 412 g/mol. The van der Waals surface area contributed by atoms with Crippen molar-refractivity contribution in [3.05, 3.63) is 59.7 Å². The van der Waals surface area contributed by atoms with Crippen molar-refractivity contribution in [1.29, 1.82) is 0 Å². The van der Waals surface area contributed by atoms with Crippen molar-refractivity contribution in [2.75, 3.05) is 6.61 Å². The van der Waals surface area contributed by atoms with E-state index in [0.717, 1.165) is 22.3 Å². The maximum atomic E-state index is 12.4. The highest BCUT2D eigenvalue weighted by Gasteiger charge is 2.31. The number of carbonyl (C=O) groups is 3. The molecule has 4 atom stereocenters. The van der Waals surface area contributed by atoms with Gasteiger partial charge in [0.1, 0.15) is 6.61 Å². The van der Waals surface area contributed by atoms with Crippen molar-refractivity contribution >= 4 is 18.0 Å². The Morgan fingerprint density at radius 1 is 0.938 bits per heavy atom. The van der Waals surface area contributed by atoms with Crippen molar-refractivity contribution in [1.82, 2.24) is 10.6 Å². The number of benzene rings is 2. The maximum absolute atomic E-state index is 12.4. The van der Waals surface area contributed by atoms with Gasteiger partial charge in [-0.05, 0) is 36.1 Å². The van der Waals surface area contributed by atoms with E-state index in [0.29, 0.717) is 0 Å². The molecule has 4 N–H and O–H groups in total. The second kappa shape index (κ2) is 9.82. The molecule has 1 aliphatic rings. The number of carboxylic acid groups (broad SMARTS) is 1. The fourth-order valence-electron chi connectivity index (χ4n) is 3.85. The number of hydrogen-bond donors (Lipinski definition) is 4. The molecule has 0 heterocycles. The molecule has 2 aromatic carbocycles. The van der Waals surface area contributed by atoms with E-state index < -0.39 is 42.1 Å². The first-order valence-corrected chi connectivity index (χ1v) is 10.5. The van der Waals surface area contributed by atoms with Gasteiger partial charge in [-0.1, -0.05) is 55.5 Å². The fraction of sp³-hybridized carbons (Fsp3) is 0.375. The average molecular weight is 440 g/mol. The van der Waals surface area contributed by atoms with Crippen molar-refractivity contribution in [2.45, 2.75) is 44.9 Å². The molecule has 0 aromatic heterocycles. The quantitative estimate of drug-likeness (QED) is 0.500. The fourth-order valence-corrected chi connectivity index (χ4v) is 3.85. The van der Waals surface area contributed by atoms with E-state index in [2.05, 4.69) is 10.6 Å². The van der Waals surface area contributed by atoms with E-state index in [1.54, 1.807) is 13.8 Å². The van der Waals surface area contributed by atoms with E-state index in [-0.39, 0.29) is 12.5 Å². The van der Waals surface area contributed by atoms with Crippen molar-refractivity contribution in [3.8, 4) is 11.1 Å². The first-order chi connectivity index (χ1) is 15.2. The number of fused-ring (bicyclic) bond motifs is 3. The van der Waals surface area contributed by atoms with Gasteiger partial charge in [0.2, 0.25) is 5.91 Å². The Labute approximate surface area is 186 Å². The molecule has 8 nitrogen and oxygen atoms in total. The minimum Gasteiger partial charge on any atom is -0.480 e. The van der Waals surface area contributed by atoms with E-state index in [1.165, 1.54) is 6.92 Å². The number of amides is 2. The van der Waals surface area contributed by atoms with Crippen molar-refractivity contribution in [2.24, 2.45) is 5.92 Å². The number of nitrogens with one attached hydrogen (secondary N) is 2.